The first-order chi connectivity index (χ1) is 14.0. The van der Waals surface area contributed by atoms with Crippen molar-refractivity contribution < 1.29 is 14.3 Å². The monoisotopic (exact) mass is 392 g/mol. The molecule has 1 aliphatic heterocycles. The van der Waals surface area contributed by atoms with E-state index in [9.17, 15) is 9.59 Å². The molecule has 2 aliphatic rings. The summed E-state index contributed by atoms with van der Waals surface area (Å²) >= 11 is 0. The molecule has 152 valence electrons. The molecule has 2 atom stereocenters. The van der Waals surface area contributed by atoms with Gasteiger partial charge in [-0.05, 0) is 43.9 Å². The zero-order valence-corrected chi connectivity index (χ0v) is 17.1. The fraction of sp³-hybridized carbons (Fsp3) is 0.417. The highest BCUT2D eigenvalue weighted by Crippen LogP contribution is 2.36. The van der Waals surface area contributed by atoms with Gasteiger partial charge in [0.05, 0.1) is 13.0 Å². The van der Waals surface area contributed by atoms with Gasteiger partial charge in [-0.15, -0.1) is 0 Å². The summed E-state index contributed by atoms with van der Waals surface area (Å²) in [5.74, 6) is 0.976. The van der Waals surface area contributed by atoms with Crippen LogP contribution in [0.15, 0.2) is 48.5 Å². The lowest BCUT2D eigenvalue weighted by molar-refractivity contribution is -0.136. The number of carbonyl (C=O) groups excluding carboxylic acids is 2. The Morgan fingerprint density at radius 1 is 1.03 bits per heavy atom. The highest BCUT2D eigenvalue weighted by atomic mass is 16.5. The van der Waals surface area contributed by atoms with E-state index < -0.39 is 0 Å². The number of nitrogens with one attached hydrogen (secondary N) is 1. The summed E-state index contributed by atoms with van der Waals surface area (Å²) in [6.07, 6.45) is 2.70. The zero-order chi connectivity index (χ0) is 20.4. The van der Waals surface area contributed by atoms with Crippen molar-refractivity contribution in [3.63, 3.8) is 0 Å². The van der Waals surface area contributed by atoms with Gasteiger partial charge in [0.2, 0.25) is 11.8 Å². The van der Waals surface area contributed by atoms with Crippen molar-refractivity contribution in [3.8, 4) is 5.75 Å². The largest absolute Gasteiger partial charge is 0.497 e. The number of aryl methyl sites for hydroxylation is 1. The minimum absolute atomic E-state index is 0.0378. The van der Waals surface area contributed by atoms with Crippen LogP contribution in [0.25, 0.3) is 0 Å². The number of hydrogen-bond donors (Lipinski definition) is 1. The van der Waals surface area contributed by atoms with Crippen molar-refractivity contribution in [3.05, 3.63) is 59.7 Å². The molecule has 1 aliphatic carbocycles. The minimum Gasteiger partial charge on any atom is -0.497 e. The molecule has 1 N–H and O–H groups in total. The van der Waals surface area contributed by atoms with Gasteiger partial charge in [-0.25, -0.2) is 0 Å². The Morgan fingerprint density at radius 2 is 1.83 bits per heavy atom. The standard InChI is InChI=1S/C24H28N2O3/c1-16-5-3-6-18(11-16)19-12-20(15-26(14-19)24(28)17-9-10-17)23(27)25-21-7-4-8-22(13-21)29-2/h3-8,11,13,17,19-20H,9-10,12,14-15H2,1-2H3,(H,25,27). The van der Waals surface area contributed by atoms with Crippen molar-refractivity contribution in [1.29, 1.82) is 0 Å². The maximum absolute atomic E-state index is 13.1. The van der Waals surface area contributed by atoms with Crippen LogP contribution in [-0.2, 0) is 9.59 Å². The summed E-state index contributed by atoms with van der Waals surface area (Å²) in [7, 11) is 1.61. The molecule has 0 radical (unpaired) electrons. The summed E-state index contributed by atoms with van der Waals surface area (Å²) in [5.41, 5.74) is 3.12. The third kappa shape index (κ3) is 4.61. The lowest BCUT2D eigenvalue weighted by atomic mass is 9.83. The number of piperidine rings is 1. The topological polar surface area (TPSA) is 58.6 Å². The Kier molecular flexibility index (Phi) is 5.56. The van der Waals surface area contributed by atoms with Gasteiger partial charge in [-0.2, -0.15) is 0 Å². The number of amides is 2. The van der Waals surface area contributed by atoms with Crippen LogP contribution in [0.5, 0.6) is 5.75 Å². The summed E-state index contributed by atoms with van der Waals surface area (Å²) in [6, 6.07) is 15.8. The summed E-state index contributed by atoms with van der Waals surface area (Å²) in [4.78, 5) is 27.8. The fourth-order valence-electron chi connectivity index (χ4n) is 4.17. The van der Waals surface area contributed by atoms with Crippen LogP contribution in [0.4, 0.5) is 5.69 Å². The quantitative estimate of drug-likeness (QED) is 0.837. The smallest absolute Gasteiger partial charge is 0.229 e. The molecule has 5 heteroatoms. The van der Waals surface area contributed by atoms with Crippen molar-refractivity contribution in [2.75, 3.05) is 25.5 Å². The number of nitrogens with zero attached hydrogens (tertiary/aromatic N) is 1. The van der Waals surface area contributed by atoms with Gasteiger partial charge in [0, 0.05) is 36.7 Å². The minimum atomic E-state index is -0.233. The first-order valence-electron chi connectivity index (χ1n) is 10.3. The molecule has 1 heterocycles. The summed E-state index contributed by atoms with van der Waals surface area (Å²) < 4.78 is 5.25. The van der Waals surface area contributed by atoms with E-state index in [1.54, 1.807) is 7.11 Å². The maximum Gasteiger partial charge on any atom is 0.229 e. The summed E-state index contributed by atoms with van der Waals surface area (Å²) in [6.45, 7) is 3.27. The van der Waals surface area contributed by atoms with E-state index in [2.05, 4.69) is 36.5 Å². The predicted molar refractivity (Wildman–Crippen MR) is 113 cm³/mol. The Balaban J connectivity index is 1.53. The molecular weight excluding hydrogens is 364 g/mol. The van der Waals surface area contributed by atoms with Gasteiger partial charge in [0.15, 0.2) is 0 Å². The van der Waals surface area contributed by atoms with Crippen LogP contribution in [0.3, 0.4) is 0 Å². The molecule has 1 saturated heterocycles. The number of carbonyl (C=O) groups is 2. The molecule has 0 spiro atoms. The highest BCUT2D eigenvalue weighted by Gasteiger charge is 2.39. The number of ether oxygens (including phenoxy) is 1. The summed E-state index contributed by atoms with van der Waals surface area (Å²) in [5, 5.41) is 3.02. The zero-order valence-electron chi connectivity index (χ0n) is 17.1. The van der Waals surface area contributed by atoms with E-state index in [-0.39, 0.29) is 29.6 Å². The Labute approximate surface area is 172 Å². The van der Waals surface area contributed by atoms with Gasteiger partial charge in [-0.3, -0.25) is 9.59 Å². The number of methoxy groups -OCH3 is 1. The van der Waals surface area contributed by atoms with Crippen LogP contribution in [-0.4, -0.2) is 36.9 Å². The number of hydrogen-bond acceptors (Lipinski definition) is 3. The number of benzene rings is 2. The molecule has 2 unspecified atom stereocenters. The van der Waals surface area contributed by atoms with Crippen molar-refractivity contribution >= 4 is 17.5 Å². The van der Waals surface area contributed by atoms with E-state index in [1.165, 1.54) is 11.1 Å². The molecular formula is C24H28N2O3. The van der Waals surface area contributed by atoms with Gasteiger partial charge in [0.25, 0.3) is 0 Å². The molecule has 1 saturated carbocycles. The van der Waals surface area contributed by atoms with Gasteiger partial charge < -0.3 is 15.0 Å². The van der Waals surface area contributed by atoms with Crippen LogP contribution in [0.1, 0.15) is 36.3 Å². The van der Waals surface area contributed by atoms with Gasteiger partial charge in [-0.1, -0.05) is 35.9 Å². The van der Waals surface area contributed by atoms with Crippen LogP contribution >= 0.6 is 0 Å². The number of rotatable bonds is 5. The molecule has 29 heavy (non-hydrogen) atoms. The SMILES string of the molecule is COc1cccc(NC(=O)C2CC(c3cccc(C)c3)CN(C(=O)C3CC3)C2)c1. The third-order valence-corrected chi connectivity index (χ3v) is 5.91. The van der Waals surface area contributed by atoms with E-state index >= 15 is 0 Å². The second-order valence-electron chi connectivity index (χ2n) is 8.28. The lowest BCUT2D eigenvalue weighted by Gasteiger charge is -2.37. The van der Waals surface area contributed by atoms with Crippen LogP contribution < -0.4 is 10.1 Å². The van der Waals surface area contributed by atoms with Gasteiger partial charge >= 0.3 is 0 Å². The molecule has 2 fully saturated rings. The molecule has 0 aromatic heterocycles. The molecule has 4 rings (SSSR count). The number of anilines is 1. The van der Waals surface area contributed by atoms with E-state index in [0.29, 0.717) is 24.5 Å². The maximum atomic E-state index is 13.1. The third-order valence-electron chi connectivity index (χ3n) is 5.91. The predicted octanol–water partition coefficient (Wildman–Crippen LogP) is 3.98. The Bertz CT molecular complexity index is 907. The molecule has 2 amide bonds. The lowest BCUT2D eigenvalue weighted by Crippen LogP contribution is -2.47. The van der Waals surface area contributed by atoms with Crippen molar-refractivity contribution in [1.82, 2.24) is 4.90 Å². The molecule has 2 aromatic carbocycles. The average molecular weight is 392 g/mol. The average Bonchev–Trinajstić information content (AvgIpc) is 3.58. The second kappa shape index (κ2) is 8.27. The van der Waals surface area contributed by atoms with E-state index in [1.807, 2.05) is 29.2 Å². The molecule has 5 nitrogen and oxygen atoms in total. The van der Waals surface area contributed by atoms with Gasteiger partial charge in [0.1, 0.15) is 5.75 Å². The molecule has 2 aromatic rings. The van der Waals surface area contributed by atoms with Crippen LogP contribution in [0, 0.1) is 18.8 Å². The second-order valence-corrected chi connectivity index (χ2v) is 8.28. The van der Waals surface area contributed by atoms with E-state index in [4.69, 9.17) is 4.74 Å². The van der Waals surface area contributed by atoms with Crippen LogP contribution in [0.2, 0.25) is 0 Å². The van der Waals surface area contributed by atoms with Crippen molar-refractivity contribution in [2.45, 2.75) is 32.1 Å². The molecule has 0 bridgehead atoms. The normalized spacial score (nSPS) is 21.5. The fourth-order valence-corrected chi connectivity index (χ4v) is 4.17. The number of likely N-dealkylation sites (tertiary alicyclic amines) is 1. The first kappa shape index (κ1) is 19.5. The Morgan fingerprint density at radius 3 is 2.55 bits per heavy atom. The Hall–Kier alpha value is -2.82. The first-order valence-corrected chi connectivity index (χ1v) is 10.3. The van der Waals surface area contributed by atoms with E-state index in [0.717, 1.165) is 19.3 Å². The highest BCUT2D eigenvalue weighted by molar-refractivity contribution is 5.93. The van der Waals surface area contributed by atoms with Crippen molar-refractivity contribution in [2.24, 2.45) is 11.8 Å².